The Kier molecular flexibility index (Phi) is 8.03. The van der Waals surface area contributed by atoms with Crippen molar-refractivity contribution in [3.63, 3.8) is 0 Å². The number of rotatable bonds is 8. The first-order valence-electron chi connectivity index (χ1n) is 13.0. The lowest BCUT2D eigenvalue weighted by Crippen LogP contribution is -2.30. The van der Waals surface area contributed by atoms with Gasteiger partial charge >= 0.3 is 5.97 Å². The molecule has 180 valence electrons. The van der Waals surface area contributed by atoms with Crippen molar-refractivity contribution in [2.45, 2.75) is 89.9 Å². The quantitative estimate of drug-likeness (QED) is 0.294. The highest BCUT2D eigenvalue weighted by molar-refractivity contribution is 5.96. The van der Waals surface area contributed by atoms with Crippen LogP contribution in [0.5, 0.6) is 0 Å². The van der Waals surface area contributed by atoms with Gasteiger partial charge in [-0.25, -0.2) is 13.6 Å². The van der Waals surface area contributed by atoms with Crippen molar-refractivity contribution in [2.75, 3.05) is 7.11 Å². The highest BCUT2D eigenvalue weighted by Gasteiger charge is 2.36. The van der Waals surface area contributed by atoms with Gasteiger partial charge in [0, 0.05) is 5.39 Å². The van der Waals surface area contributed by atoms with Crippen molar-refractivity contribution >= 4 is 16.7 Å². The molecule has 0 N–H and O–H groups in total. The summed E-state index contributed by atoms with van der Waals surface area (Å²) in [6.07, 6.45) is 15.8. The third kappa shape index (κ3) is 5.41. The third-order valence-electron chi connectivity index (χ3n) is 8.36. The molecule has 33 heavy (non-hydrogen) atoms. The summed E-state index contributed by atoms with van der Waals surface area (Å²) in [5, 5.41) is 0.790. The van der Waals surface area contributed by atoms with E-state index in [1.54, 1.807) is 0 Å². The summed E-state index contributed by atoms with van der Waals surface area (Å²) in [4.78, 5) is 11.8. The normalized spacial score (nSPS) is 25.1. The minimum absolute atomic E-state index is 0.256. The van der Waals surface area contributed by atoms with Crippen LogP contribution >= 0.6 is 0 Å². The van der Waals surface area contributed by atoms with Crippen LogP contribution in [0.1, 0.15) is 106 Å². The fraction of sp³-hybridized carbons (Fsp3) is 0.621. The molecule has 2 aliphatic carbocycles. The second kappa shape index (κ2) is 11.0. The summed E-state index contributed by atoms with van der Waals surface area (Å²) >= 11 is 0. The Morgan fingerprint density at radius 2 is 1.70 bits per heavy atom. The van der Waals surface area contributed by atoms with E-state index >= 15 is 0 Å². The van der Waals surface area contributed by atoms with Crippen LogP contribution in [0.4, 0.5) is 8.78 Å². The molecule has 0 radical (unpaired) electrons. The summed E-state index contributed by atoms with van der Waals surface area (Å²) < 4.78 is 33.9. The molecule has 2 aromatic carbocycles. The van der Waals surface area contributed by atoms with Crippen LogP contribution in [0.15, 0.2) is 24.3 Å². The molecule has 0 aromatic heterocycles. The number of hydrogen-bond acceptors (Lipinski definition) is 2. The van der Waals surface area contributed by atoms with Crippen LogP contribution in [0.2, 0.25) is 0 Å². The predicted molar refractivity (Wildman–Crippen MR) is 129 cm³/mol. The van der Waals surface area contributed by atoms with E-state index in [0.29, 0.717) is 11.3 Å². The number of methoxy groups -OCH3 is 1. The van der Waals surface area contributed by atoms with E-state index in [1.165, 1.54) is 77.4 Å². The van der Waals surface area contributed by atoms with Gasteiger partial charge in [0.05, 0.1) is 12.7 Å². The molecule has 2 fully saturated rings. The molecule has 4 rings (SSSR count). The van der Waals surface area contributed by atoms with Crippen LogP contribution < -0.4 is 0 Å². The maximum atomic E-state index is 14.8. The molecule has 0 amide bonds. The molecule has 2 aromatic rings. The summed E-state index contributed by atoms with van der Waals surface area (Å²) in [7, 11) is 1.17. The van der Waals surface area contributed by atoms with E-state index in [9.17, 15) is 13.6 Å². The standard InChI is InChI=1S/C29H38F2O2/c1-3-4-5-6-7-8-19-9-10-21-16-22(12-11-20(21)15-19)23-13-14-24-18-26(29(32)33-2)28(31)27(30)25(24)17-23/h13-14,17-22H,3-12,15-16H2,1-2H3. The maximum absolute atomic E-state index is 14.8. The van der Waals surface area contributed by atoms with Crippen LogP contribution in [-0.2, 0) is 4.74 Å². The molecule has 4 unspecified atom stereocenters. The van der Waals surface area contributed by atoms with Crippen molar-refractivity contribution < 1.29 is 18.3 Å². The van der Waals surface area contributed by atoms with Gasteiger partial charge in [0.25, 0.3) is 0 Å². The van der Waals surface area contributed by atoms with Crippen molar-refractivity contribution in [2.24, 2.45) is 17.8 Å². The first kappa shape index (κ1) is 24.2. The molecule has 2 nitrogen and oxygen atoms in total. The second-order valence-corrected chi connectivity index (χ2v) is 10.4. The summed E-state index contributed by atoms with van der Waals surface area (Å²) in [6.45, 7) is 2.27. The van der Waals surface area contributed by atoms with Crippen LogP contribution in [0.25, 0.3) is 10.8 Å². The third-order valence-corrected chi connectivity index (χ3v) is 8.36. The van der Waals surface area contributed by atoms with E-state index in [1.807, 2.05) is 18.2 Å². The van der Waals surface area contributed by atoms with E-state index < -0.39 is 17.6 Å². The first-order chi connectivity index (χ1) is 16.0. The van der Waals surface area contributed by atoms with Gasteiger partial charge in [-0.3, -0.25) is 0 Å². The Balaban J connectivity index is 1.40. The number of carbonyl (C=O) groups is 1. The number of carbonyl (C=O) groups excluding carboxylic acids is 1. The summed E-state index contributed by atoms with van der Waals surface area (Å²) in [6, 6.07) is 7.06. The number of fused-ring (bicyclic) bond motifs is 2. The highest BCUT2D eigenvalue weighted by Crippen LogP contribution is 2.48. The number of halogens is 2. The van der Waals surface area contributed by atoms with Gasteiger partial charge in [0.15, 0.2) is 11.6 Å². The number of benzene rings is 2. The molecule has 2 aliphatic rings. The second-order valence-electron chi connectivity index (χ2n) is 10.4. The van der Waals surface area contributed by atoms with Gasteiger partial charge in [0.1, 0.15) is 0 Å². The molecule has 4 atom stereocenters. The van der Waals surface area contributed by atoms with Crippen molar-refractivity contribution in [1.29, 1.82) is 0 Å². The number of esters is 1. The Labute approximate surface area is 197 Å². The SMILES string of the molecule is CCCCCCCC1CCC2CC(c3ccc4cc(C(=O)OC)c(F)c(F)c4c3)CCC2C1. The van der Waals surface area contributed by atoms with Gasteiger partial charge in [-0.1, -0.05) is 64.0 Å². The zero-order valence-corrected chi connectivity index (χ0v) is 20.2. The Hall–Kier alpha value is -1.97. The zero-order valence-electron chi connectivity index (χ0n) is 20.2. The van der Waals surface area contributed by atoms with Crippen LogP contribution in [-0.4, -0.2) is 13.1 Å². The smallest absolute Gasteiger partial charge is 0.340 e. The van der Waals surface area contributed by atoms with E-state index in [4.69, 9.17) is 0 Å². The van der Waals surface area contributed by atoms with E-state index in [0.717, 1.165) is 36.2 Å². The average molecular weight is 457 g/mol. The molecule has 4 heteroatoms. The fourth-order valence-electron chi connectivity index (χ4n) is 6.45. The highest BCUT2D eigenvalue weighted by atomic mass is 19.2. The zero-order chi connectivity index (χ0) is 23.4. The van der Waals surface area contributed by atoms with Crippen LogP contribution in [0.3, 0.4) is 0 Å². The molecule has 0 saturated heterocycles. The monoisotopic (exact) mass is 456 g/mol. The van der Waals surface area contributed by atoms with Crippen LogP contribution in [0, 0.1) is 29.4 Å². The molecule has 0 aliphatic heterocycles. The van der Waals surface area contributed by atoms with E-state index in [2.05, 4.69) is 11.7 Å². The number of ether oxygens (including phenoxy) is 1. The Morgan fingerprint density at radius 3 is 2.48 bits per heavy atom. The topological polar surface area (TPSA) is 26.3 Å². The van der Waals surface area contributed by atoms with Crippen molar-refractivity contribution in [1.82, 2.24) is 0 Å². The van der Waals surface area contributed by atoms with Gasteiger partial charge in [-0.15, -0.1) is 0 Å². The Bertz CT molecular complexity index is 970. The number of unbranched alkanes of at least 4 members (excludes halogenated alkanes) is 4. The van der Waals surface area contributed by atoms with E-state index in [-0.39, 0.29) is 10.9 Å². The summed E-state index contributed by atoms with van der Waals surface area (Å²) in [5.74, 6) is -0.0134. The fourth-order valence-corrected chi connectivity index (χ4v) is 6.45. The molecule has 0 bridgehead atoms. The minimum Gasteiger partial charge on any atom is -0.465 e. The molecule has 0 spiro atoms. The number of hydrogen-bond donors (Lipinski definition) is 0. The molecule has 0 heterocycles. The summed E-state index contributed by atoms with van der Waals surface area (Å²) in [5.41, 5.74) is 0.751. The Morgan fingerprint density at radius 1 is 0.939 bits per heavy atom. The van der Waals surface area contributed by atoms with Gasteiger partial charge < -0.3 is 4.74 Å². The van der Waals surface area contributed by atoms with Crippen molar-refractivity contribution in [3.8, 4) is 0 Å². The lowest BCUT2D eigenvalue weighted by Gasteiger charge is -2.42. The largest absolute Gasteiger partial charge is 0.465 e. The molecular weight excluding hydrogens is 418 g/mol. The van der Waals surface area contributed by atoms with Gasteiger partial charge in [0.2, 0.25) is 0 Å². The minimum atomic E-state index is -1.12. The van der Waals surface area contributed by atoms with Gasteiger partial charge in [-0.05, 0) is 78.9 Å². The maximum Gasteiger partial charge on any atom is 0.340 e. The molecule has 2 saturated carbocycles. The van der Waals surface area contributed by atoms with Gasteiger partial charge in [-0.2, -0.15) is 0 Å². The average Bonchev–Trinajstić information content (AvgIpc) is 2.85. The van der Waals surface area contributed by atoms with Crippen molar-refractivity contribution in [3.05, 3.63) is 47.0 Å². The lowest BCUT2D eigenvalue weighted by molar-refractivity contribution is 0.0594. The first-order valence-corrected chi connectivity index (χ1v) is 13.0. The lowest BCUT2D eigenvalue weighted by atomic mass is 9.63. The predicted octanol–water partition coefficient (Wildman–Crippen LogP) is 8.57. The molecular formula is C29H38F2O2.